The monoisotopic (exact) mass is 194 g/mol. The maximum atomic E-state index is 11.6. The number of hydrogen-bond donors (Lipinski definition) is 1. The molecule has 14 heavy (non-hydrogen) atoms. The van der Waals surface area contributed by atoms with Gasteiger partial charge in [0.1, 0.15) is 5.82 Å². The molecule has 1 heterocycles. The molecule has 1 aromatic rings. The predicted molar refractivity (Wildman–Crippen MR) is 57.7 cm³/mol. The Morgan fingerprint density at radius 1 is 1.43 bits per heavy atom. The summed E-state index contributed by atoms with van der Waals surface area (Å²) in [4.78, 5) is 18.9. The first-order valence-corrected chi connectivity index (χ1v) is 5.19. The van der Waals surface area contributed by atoms with E-state index < -0.39 is 0 Å². The first-order chi connectivity index (χ1) is 6.60. The molecule has 1 unspecified atom stereocenters. The highest BCUT2D eigenvalue weighted by molar-refractivity contribution is 5.17. The highest BCUT2D eigenvalue weighted by Gasteiger charge is 2.10. The van der Waals surface area contributed by atoms with Crippen molar-refractivity contribution in [3.8, 4) is 0 Å². The fraction of sp³-hybridized carbons (Fsp3) is 0.636. The van der Waals surface area contributed by atoms with Crippen molar-refractivity contribution in [2.75, 3.05) is 0 Å². The van der Waals surface area contributed by atoms with Gasteiger partial charge >= 0.3 is 0 Å². The number of nitrogens with one attached hydrogen (secondary N) is 1. The highest BCUT2D eigenvalue weighted by atomic mass is 16.1. The number of nitrogens with zero attached hydrogens (tertiary/aromatic N) is 1. The van der Waals surface area contributed by atoms with Gasteiger partial charge in [0.2, 0.25) is 0 Å². The molecule has 0 fully saturated rings. The molecule has 0 saturated carbocycles. The summed E-state index contributed by atoms with van der Waals surface area (Å²) in [6.07, 6.45) is 1.74. The third-order valence-electron chi connectivity index (χ3n) is 2.67. The third-order valence-corrected chi connectivity index (χ3v) is 2.67. The molecule has 0 aliphatic heterocycles. The molecule has 0 bridgehead atoms. The summed E-state index contributed by atoms with van der Waals surface area (Å²) in [5.41, 5.74) is 1.69. The number of H-pyrrole nitrogens is 1. The SMILES string of the molecule is CCc1c(C)nc(C(C)CC)[nH]c1=O. The first kappa shape index (κ1) is 11.0. The Morgan fingerprint density at radius 2 is 2.07 bits per heavy atom. The number of aryl methyl sites for hydroxylation is 1. The van der Waals surface area contributed by atoms with Gasteiger partial charge in [-0.25, -0.2) is 4.98 Å². The Morgan fingerprint density at radius 3 is 2.50 bits per heavy atom. The standard InChI is InChI=1S/C11H18N2O/c1-5-7(3)10-12-8(4)9(6-2)11(14)13-10/h7H,5-6H2,1-4H3,(H,12,13,14). The van der Waals surface area contributed by atoms with Crippen LogP contribution >= 0.6 is 0 Å². The summed E-state index contributed by atoms with van der Waals surface area (Å²) in [7, 11) is 0. The maximum absolute atomic E-state index is 11.6. The van der Waals surface area contributed by atoms with Gasteiger partial charge in [-0.2, -0.15) is 0 Å². The zero-order valence-corrected chi connectivity index (χ0v) is 9.35. The molecular weight excluding hydrogens is 176 g/mol. The second-order valence-corrected chi connectivity index (χ2v) is 3.68. The van der Waals surface area contributed by atoms with Crippen LogP contribution in [0.1, 0.15) is 50.2 Å². The van der Waals surface area contributed by atoms with Crippen molar-refractivity contribution in [1.82, 2.24) is 9.97 Å². The van der Waals surface area contributed by atoms with Crippen molar-refractivity contribution in [2.45, 2.75) is 46.5 Å². The van der Waals surface area contributed by atoms with Crippen molar-refractivity contribution < 1.29 is 0 Å². The normalized spacial score (nSPS) is 12.9. The molecule has 78 valence electrons. The summed E-state index contributed by atoms with van der Waals surface area (Å²) in [6, 6.07) is 0. The van der Waals surface area contributed by atoms with E-state index in [9.17, 15) is 4.79 Å². The van der Waals surface area contributed by atoms with E-state index in [4.69, 9.17) is 0 Å². The van der Waals surface area contributed by atoms with Gasteiger partial charge in [0.25, 0.3) is 5.56 Å². The van der Waals surface area contributed by atoms with E-state index >= 15 is 0 Å². The second kappa shape index (κ2) is 4.40. The van der Waals surface area contributed by atoms with Crippen molar-refractivity contribution in [3.63, 3.8) is 0 Å². The van der Waals surface area contributed by atoms with Crippen molar-refractivity contribution in [3.05, 3.63) is 27.4 Å². The molecule has 0 aliphatic rings. The molecule has 3 heteroatoms. The van der Waals surface area contributed by atoms with Crippen molar-refractivity contribution in [2.24, 2.45) is 0 Å². The number of aromatic amines is 1. The average molecular weight is 194 g/mol. The molecule has 0 saturated heterocycles. The van der Waals surface area contributed by atoms with Crippen LogP contribution in [0, 0.1) is 6.92 Å². The minimum absolute atomic E-state index is 0.0234. The van der Waals surface area contributed by atoms with E-state index in [0.29, 0.717) is 5.92 Å². The molecule has 1 aromatic heterocycles. The molecule has 0 radical (unpaired) electrons. The highest BCUT2D eigenvalue weighted by Crippen LogP contribution is 2.13. The summed E-state index contributed by atoms with van der Waals surface area (Å²) < 4.78 is 0. The van der Waals surface area contributed by atoms with Gasteiger partial charge < -0.3 is 4.98 Å². The van der Waals surface area contributed by atoms with E-state index in [2.05, 4.69) is 23.8 Å². The topological polar surface area (TPSA) is 45.8 Å². The van der Waals surface area contributed by atoms with Crippen LogP contribution < -0.4 is 5.56 Å². The number of rotatable bonds is 3. The van der Waals surface area contributed by atoms with Crippen LogP contribution in [-0.2, 0) is 6.42 Å². The fourth-order valence-electron chi connectivity index (χ4n) is 1.48. The first-order valence-electron chi connectivity index (χ1n) is 5.19. The molecular formula is C11H18N2O. The van der Waals surface area contributed by atoms with Gasteiger partial charge in [-0.15, -0.1) is 0 Å². The Labute approximate surface area is 84.6 Å². The lowest BCUT2D eigenvalue weighted by atomic mass is 10.1. The van der Waals surface area contributed by atoms with E-state index in [1.54, 1.807) is 0 Å². The number of hydrogen-bond acceptors (Lipinski definition) is 2. The fourth-order valence-corrected chi connectivity index (χ4v) is 1.48. The summed E-state index contributed by atoms with van der Waals surface area (Å²) in [6.45, 7) is 8.04. The zero-order valence-electron chi connectivity index (χ0n) is 9.35. The molecule has 1 N–H and O–H groups in total. The molecule has 0 aromatic carbocycles. The lowest BCUT2D eigenvalue weighted by molar-refractivity contribution is 0.666. The van der Waals surface area contributed by atoms with E-state index in [0.717, 1.165) is 29.9 Å². The lowest BCUT2D eigenvalue weighted by Crippen LogP contribution is -2.19. The lowest BCUT2D eigenvalue weighted by Gasteiger charge is -2.09. The minimum atomic E-state index is 0.0234. The second-order valence-electron chi connectivity index (χ2n) is 3.68. The molecule has 0 aliphatic carbocycles. The zero-order chi connectivity index (χ0) is 10.7. The molecule has 0 spiro atoms. The Kier molecular flexibility index (Phi) is 3.44. The Hall–Kier alpha value is -1.12. The number of aromatic nitrogens is 2. The van der Waals surface area contributed by atoms with E-state index in [1.165, 1.54) is 0 Å². The van der Waals surface area contributed by atoms with Crippen molar-refractivity contribution in [1.29, 1.82) is 0 Å². The Balaban J connectivity index is 3.21. The van der Waals surface area contributed by atoms with Crippen LogP contribution in [-0.4, -0.2) is 9.97 Å². The largest absolute Gasteiger partial charge is 0.310 e. The van der Waals surface area contributed by atoms with Gasteiger partial charge in [-0.1, -0.05) is 20.8 Å². The third kappa shape index (κ3) is 2.03. The van der Waals surface area contributed by atoms with Crippen LogP contribution in [0.15, 0.2) is 4.79 Å². The molecule has 1 atom stereocenters. The van der Waals surface area contributed by atoms with Gasteiger partial charge in [0.05, 0.1) is 0 Å². The van der Waals surface area contributed by atoms with Gasteiger partial charge in [-0.3, -0.25) is 4.79 Å². The van der Waals surface area contributed by atoms with Crippen LogP contribution in [0.3, 0.4) is 0 Å². The predicted octanol–water partition coefficient (Wildman–Crippen LogP) is 2.15. The molecule has 1 rings (SSSR count). The molecule has 3 nitrogen and oxygen atoms in total. The average Bonchev–Trinajstić information content (AvgIpc) is 2.16. The summed E-state index contributed by atoms with van der Waals surface area (Å²) in [5.74, 6) is 1.14. The molecule has 0 amide bonds. The quantitative estimate of drug-likeness (QED) is 0.801. The van der Waals surface area contributed by atoms with Crippen molar-refractivity contribution >= 4 is 0 Å². The smallest absolute Gasteiger partial charge is 0.254 e. The maximum Gasteiger partial charge on any atom is 0.254 e. The van der Waals surface area contributed by atoms with Gasteiger partial charge in [-0.05, 0) is 19.8 Å². The van der Waals surface area contributed by atoms with Crippen LogP contribution in [0.4, 0.5) is 0 Å². The van der Waals surface area contributed by atoms with Gasteiger partial charge in [0.15, 0.2) is 0 Å². The van der Waals surface area contributed by atoms with Gasteiger partial charge in [0, 0.05) is 17.2 Å². The summed E-state index contributed by atoms with van der Waals surface area (Å²) >= 11 is 0. The summed E-state index contributed by atoms with van der Waals surface area (Å²) in [5, 5.41) is 0. The van der Waals surface area contributed by atoms with Crippen LogP contribution in [0.2, 0.25) is 0 Å². The minimum Gasteiger partial charge on any atom is -0.310 e. The Bertz CT molecular complexity index is 368. The van der Waals surface area contributed by atoms with Crippen LogP contribution in [0.25, 0.3) is 0 Å². The van der Waals surface area contributed by atoms with E-state index in [1.807, 2.05) is 13.8 Å². The van der Waals surface area contributed by atoms with Crippen LogP contribution in [0.5, 0.6) is 0 Å². The van der Waals surface area contributed by atoms with E-state index in [-0.39, 0.29) is 5.56 Å².